The molecule has 7 rings (SSSR count). The number of rotatable bonds is 12. The fourth-order valence-corrected chi connectivity index (χ4v) is 11.8. The Bertz CT molecular complexity index is 1830. The van der Waals surface area contributed by atoms with Gasteiger partial charge < -0.3 is 24.8 Å². The number of hydrogen-bond acceptors (Lipinski definition) is 8. The largest absolute Gasteiger partial charge is 0.453 e. The second kappa shape index (κ2) is 15.5. The molecule has 2 aromatic carbocycles. The number of piperidine rings is 1. The van der Waals surface area contributed by atoms with Gasteiger partial charge in [0.2, 0.25) is 5.91 Å². The van der Waals surface area contributed by atoms with Crippen molar-refractivity contribution in [1.29, 1.82) is 0 Å². The molecular formula is C40H52F3N5O5S. The van der Waals surface area contributed by atoms with Gasteiger partial charge in [-0.2, -0.15) is 0 Å². The Balaban J connectivity index is 1.02. The van der Waals surface area contributed by atoms with E-state index in [1.807, 2.05) is 6.07 Å². The number of hydrogen-bond donors (Lipinski definition) is 1. The highest BCUT2D eigenvalue weighted by Gasteiger charge is 2.54. The number of methoxy groups -OCH3 is 1. The summed E-state index contributed by atoms with van der Waals surface area (Å²) in [5.74, 6) is -1.09. The maximum Gasteiger partial charge on any atom is 0.407 e. The van der Waals surface area contributed by atoms with E-state index in [1.54, 1.807) is 17.0 Å². The zero-order valence-corrected chi connectivity index (χ0v) is 31.8. The third kappa shape index (κ3) is 7.49. The van der Waals surface area contributed by atoms with Crippen LogP contribution in [0.2, 0.25) is 0 Å². The van der Waals surface area contributed by atoms with Gasteiger partial charge in [0.1, 0.15) is 11.6 Å². The zero-order chi connectivity index (χ0) is 38.3. The topological polar surface area (TPSA) is 103 Å². The summed E-state index contributed by atoms with van der Waals surface area (Å²) < 4.78 is 78.2. The lowest BCUT2D eigenvalue weighted by Crippen LogP contribution is -2.65. The third-order valence-electron chi connectivity index (χ3n) is 12.9. The first-order valence-electron chi connectivity index (χ1n) is 19.3. The highest BCUT2D eigenvalue weighted by Crippen LogP contribution is 2.52. The summed E-state index contributed by atoms with van der Waals surface area (Å²) in [5.41, 5.74) is -0.863. The van der Waals surface area contributed by atoms with Crippen LogP contribution in [-0.4, -0.2) is 125 Å². The molecule has 5 aliphatic rings. The summed E-state index contributed by atoms with van der Waals surface area (Å²) in [4.78, 5) is 31.9. The minimum Gasteiger partial charge on any atom is -0.453 e. The first kappa shape index (κ1) is 38.6. The van der Waals surface area contributed by atoms with Gasteiger partial charge >= 0.3 is 6.09 Å². The molecular weight excluding hydrogens is 720 g/mol. The maximum atomic E-state index is 16.2. The summed E-state index contributed by atoms with van der Waals surface area (Å²) in [6.07, 6.45) is 6.33. The Morgan fingerprint density at radius 1 is 0.981 bits per heavy atom. The number of halogens is 3. The Hall–Kier alpha value is -3.62. The van der Waals surface area contributed by atoms with Gasteiger partial charge in [-0.3, -0.25) is 9.69 Å². The van der Waals surface area contributed by atoms with Crippen LogP contribution in [0.4, 0.5) is 23.7 Å². The van der Waals surface area contributed by atoms with E-state index in [-0.39, 0.29) is 72.8 Å². The molecule has 14 heteroatoms. The van der Waals surface area contributed by atoms with Crippen LogP contribution in [0.5, 0.6) is 0 Å². The van der Waals surface area contributed by atoms with E-state index < -0.39 is 38.1 Å². The number of alkyl carbamates (subject to hydrolysis) is 1. The van der Waals surface area contributed by atoms with Crippen molar-refractivity contribution in [3.63, 3.8) is 0 Å². The number of amides is 2. The highest BCUT2D eigenvalue weighted by molar-refractivity contribution is 7.92. The van der Waals surface area contributed by atoms with Crippen LogP contribution < -0.4 is 10.2 Å². The van der Waals surface area contributed by atoms with Crippen molar-refractivity contribution in [2.45, 2.75) is 72.2 Å². The lowest BCUT2D eigenvalue weighted by atomic mass is 9.57. The predicted molar refractivity (Wildman–Crippen MR) is 200 cm³/mol. The van der Waals surface area contributed by atoms with Crippen molar-refractivity contribution >= 4 is 27.5 Å². The van der Waals surface area contributed by atoms with Gasteiger partial charge in [-0.1, -0.05) is 25.1 Å². The molecule has 4 atom stereocenters. The molecule has 54 heavy (non-hydrogen) atoms. The zero-order valence-electron chi connectivity index (χ0n) is 31.0. The smallest absolute Gasteiger partial charge is 0.407 e. The second-order valence-electron chi connectivity index (χ2n) is 16.1. The van der Waals surface area contributed by atoms with Crippen molar-refractivity contribution in [3.8, 4) is 0 Å². The summed E-state index contributed by atoms with van der Waals surface area (Å²) in [6.45, 7) is 8.01. The van der Waals surface area contributed by atoms with Crippen molar-refractivity contribution in [2.75, 3.05) is 77.5 Å². The van der Waals surface area contributed by atoms with Gasteiger partial charge in [0.25, 0.3) is 0 Å². The van der Waals surface area contributed by atoms with Gasteiger partial charge in [-0.25, -0.2) is 26.4 Å². The lowest BCUT2D eigenvalue weighted by Gasteiger charge is -2.54. The SMILES string of the molecule is C=CC(=O)N1CCC(S(=O)(=O)c2ccc(N3CC(F)(CN4CCC([C@@](CN5CCC5)(c5cccc(F)c5)[C@H]5CCC[C@@H]5NC(=O)OC)CC4)C3)c(F)c2)C1. The number of benzene rings is 2. The summed E-state index contributed by atoms with van der Waals surface area (Å²) >= 11 is 0. The third-order valence-corrected chi connectivity index (χ3v) is 15.1. The number of carbonyl (C=O) groups excluding carboxylic acids is 2. The molecule has 294 valence electrons. The second-order valence-corrected chi connectivity index (χ2v) is 18.3. The molecule has 4 heterocycles. The molecule has 0 spiro atoms. The molecule has 0 radical (unpaired) electrons. The van der Waals surface area contributed by atoms with E-state index in [0.717, 1.165) is 75.9 Å². The quantitative estimate of drug-likeness (QED) is 0.304. The number of likely N-dealkylation sites (tertiary alicyclic amines) is 3. The number of alkyl halides is 1. The summed E-state index contributed by atoms with van der Waals surface area (Å²) in [7, 11) is -2.51. The molecule has 10 nitrogen and oxygen atoms in total. The van der Waals surface area contributed by atoms with Gasteiger partial charge in [-0.15, -0.1) is 0 Å². The molecule has 4 saturated heterocycles. The van der Waals surface area contributed by atoms with Crippen molar-refractivity contribution in [3.05, 3.63) is 72.3 Å². The molecule has 2 amide bonds. The molecule has 5 fully saturated rings. The molecule has 0 aromatic heterocycles. The van der Waals surface area contributed by atoms with E-state index in [4.69, 9.17) is 4.74 Å². The lowest BCUT2D eigenvalue weighted by molar-refractivity contribution is -0.124. The van der Waals surface area contributed by atoms with Crippen molar-refractivity contribution in [2.24, 2.45) is 11.8 Å². The number of sulfone groups is 1. The Morgan fingerprint density at radius 3 is 2.39 bits per heavy atom. The van der Waals surface area contributed by atoms with E-state index in [2.05, 4.69) is 21.7 Å². The minimum atomic E-state index is -3.88. The molecule has 1 N–H and O–H groups in total. The van der Waals surface area contributed by atoms with Gasteiger partial charge in [0.05, 0.1) is 36.0 Å². The van der Waals surface area contributed by atoms with Gasteiger partial charge in [0, 0.05) is 37.6 Å². The molecule has 4 aliphatic heterocycles. The van der Waals surface area contributed by atoms with Crippen LogP contribution in [0.3, 0.4) is 0 Å². The average Bonchev–Trinajstić information content (AvgIpc) is 3.82. The Labute approximate surface area is 316 Å². The van der Waals surface area contributed by atoms with E-state index >= 15 is 8.78 Å². The van der Waals surface area contributed by atoms with Crippen LogP contribution in [0.15, 0.2) is 60.0 Å². The van der Waals surface area contributed by atoms with E-state index in [0.29, 0.717) is 19.6 Å². The first-order chi connectivity index (χ1) is 25.8. The normalized spacial score (nSPS) is 26.1. The fraction of sp³-hybridized carbons (Fsp3) is 0.600. The van der Waals surface area contributed by atoms with Crippen LogP contribution in [0.1, 0.15) is 50.5 Å². The number of nitrogens with one attached hydrogen (secondary N) is 1. The summed E-state index contributed by atoms with van der Waals surface area (Å²) in [6, 6.07) is 10.6. The predicted octanol–water partition coefficient (Wildman–Crippen LogP) is 4.93. The molecule has 2 aromatic rings. The Kier molecular flexibility index (Phi) is 11.1. The van der Waals surface area contributed by atoms with Gasteiger partial charge in [0.15, 0.2) is 15.5 Å². The summed E-state index contributed by atoms with van der Waals surface area (Å²) in [5, 5.41) is 2.28. The average molecular weight is 772 g/mol. The van der Waals surface area contributed by atoms with Crippen LogP contribution in [-0.2, 0) is 24.8 Å². The van der Waals surface area contributed by atoms with E-state index in [9.17, 15) is 22.4 Å². The molecule has 1 saturated carbocycles. The van der Waals surface area contributed by atoms with Crippen LogP contribution in [0.25, 0.3) is 0 Å². The minimum absolute atomic E-state index is 0.0116. The molecule has 0 bridgehead atoms. The standard InChI is InChI=1S/C40H52F3N5O5S/c1-3-37(49)47-20-15-32(23-47)54(51,52)31-11-12-36(34(42)22-31)48-25-39(43,26-48)24-46-18-13-28(14-19-46)40(27-45-16-6-17-45,29-7-4-8-30(41)21-29)33-9-5-10-35(33)44-38(50)53-2/h3-4,7-8,11-12,21-22,28,32-33,35H,1,5-6,9-10,13-20,23-27H2,2H3,(H,44,50)/t32?,33-,35-,40-/m0/s1. The van der Waals surface area contributed by atoms with Gasteiger partial charge in [-0.05, 0) is 119 Å². The number of carbonyl (C=O) groups is 2. The number of nitrogens with zero attached hydrogens (tertiary/aromatic N) is 4. The van der Waals surface area contributed by atoms with Crippen LogP contribution >= 0.6 is 0 Å². The Morgan fingerprint density at radius 2 is 1.74 bits per heavy atom. The maximum absolute atomic E-state index is 16.2. The van der Waals surface area contributed by atoms with Crippen molar-refractivity contribution < 1.29 is 35.9 Å². The molecule has 1 unspecified atom stereocenters. The number of ether oxygens (including phenoxy) is 1. The fourth-order valence-electron chi connectivity index (χ4n) is 10.1. The molecule has 1 aliphatic carbocycles. The van der Waals surface area contributed by atoms with E-state index in [1.165, 1.54) is 30.2 Å². The highest BCUT2D eigenvalue weighted by atomic mass is 32.2. The monoisotopic (exact) mass is 771 g/mol. The first-order valence-corrected chi connectivity index (χ1v) is 20.8. The van der Waals surface area contributed by atoms with Crippen LogP contribution in [0, 0.1) is 23.5 Å². The van der Waals surface area contributed by atoms with Crippen molar-refractivity contribution in [1.82, 2.24) is 20.0 Å². The number of anilines is 1.